The number of hydrogen-bond donors (Lipinski definition) is 0. The minimum atomic E-state index is -0.526. The van der Waals surface area contributed by atoms with Gasteiger partial charge < -0.3 is 9.31 Å². The minimum absolute atomic E-state index is 0.0390. The van der Waals surface area contributed by atoms with Gasteiger partial charge in [-0.3, -0.25) is 9.36 Å². The van der Waals surface area contributed by atoms with E-state index in [1.807, 2.05) is 10.6 Å². The number of aromatic nitrogens is 2. The summed E-state index contributed by atoms with van der Waals surface area (Å²) in [6.45, 7) is 10.3. The van der Waals surface area contributed by atoms with Crippen LogP contribution in [0.4, 0.5) is 0 Å². The number of fused-ring (bicyclic) bond motifs is 3. The van der Waals surface area contributed by atoms with Gasteiger partial charge in [0.15, 0.2) is 0 Å². The lowest BCUT2D eigenvalue weighted by Gasteiger charge is -2.32. The maximum atomic E-state index is 13.6. The summed E-state index contributed by atoms with van der Waals surface area (Å²) in [4.78, 5) is 18.4. The third-order valence-electron chi connectivity index (χ3n) is 7.55. The lowest BCUT2D eigenvalue weighted by Crippen LogP contribution is -2.41. The van der Waals surface area contributed by atoms with Crippen LogP contribution in [0.5, 0.6) is 0 Å². The normalized spacial score (nSPS) is 21.3. The van der Waals surface area contributed by atoms with Gasteiger partial charge in [0.05, 0.1) is 28.4 Å². The van der Waals surface area contributed by atoms with Crippen LogP contribution in [-0.4, -0.2) is 27.9 Å². The molecule has 1 aliphatic carbocycles. The lowest BCUT2D eigenvalue weighted by molar-refractivity contribution is 0.00578. The lowest BCUT2D eigenvalue weighted by atomic mass is 9.75. The number of hydrogen-bond acceptors (Lipinski definition) is 4. The summed E-state index contributed by atoms with van der Waals surface area (Å²) in [6.07, 6.45) is 7.45. The minimum Gasteiger partial charge on any atom is -0.399 e. The second-order valence-electron chi connectivity index (χ2n) is 10.2. The molecule has 0 amide bonds. The summed E-state index contributed by atoms with van der Waals surface area (Å²) in [5, 5.41) is 2.66. The second kappa shape index (κ2) is 7.18. The number of aryl methyl sites for hydroxylation is 1. The van der Waals surface area contributed by atoms with E-state index in [1.54, 1.807) is 6.33 Å². The van der Waals surface area contributed by atoms with Crippen LogP contribution in [-0.2, 0) is 9.31 Å². The molecular formula is C25H31BN2O3. The van der Waals surface area contributed by atoms with Gasteiger partial charge in [0.1, 0.15) is 0 Å². The van der Waals surface area contributed by atoms with Crippen LogP contribution in [0, 0.1) is 6.92 Å². The zero-order chi connectivity index (χ0) is 22.0. The maximum absolute atomic E-state index is 13.6. The molecule has 0 bridgehead atoms. The molecule has 1 saturated heterocycles. The molecule has 0 N–H and O–H groups in total. The topological polar surface area (TPSA) is 53.4 Å². The standard InChI is InChI=1S/C25H31BN2O3/c1-16-11-12-18-19(13-16)21(26-30-24(2,3)25(4,5)31-26)14-20-22(18)27-15-28(23(20)29)17-9-7-6-8-10-17/h11-15,17H,6-10H2,1-5H3. The van der Waals surface area contributed by atoms with Crippen molar-refractivity contribution in [3.8, 4) is 0 Å². The van der Waals surface area contributed by atoms with E-state index in [4.69, 9.17) is 14.3 Å². The molecule has 162 valence electrons. The summed E-state index contributed by atoms with van der Waals surface area (Å²) < 4.78 is 14.6. The van der Waals surface area contributed by atoms with Crippen molar-refractivity contribution in [3.05, 3.63) is 46.5 Å². The van der Waals surface area contributed by atoms with Crippen LogP contribution in [0.15, 0.2) is 35.4 Å². The average Bonchev–Trinajstić information content (AvgIpc) is 2.95. The first-order valence-electron chi connectivity index (χ1n) is 11.5. The van der Waals surface area contributed by atoms with Crippen LogP contribution in [0.1, 0.15) is 71.4 Å². The third-order valence-corrected chi connectivity index (χ3v) is 7.55. The van der Waals surface area contributed by atoms with Gasteiger partial charge >= 0.3 is 7.12 Å². The second-order valence-corrected chi connectivity index (χ2v) is 10.2. The Labute approximate surface area is 183 Å². The molecule has 31 heavy (non-hydrogen) atoms. The van der Waals surface area contributed by atoms with Crippen molar-refractivity contribution in [3.63, 3.8) is 0 Å². The summed E-state index contributed by atoms with van der Waals surface area (Å²) in [5.41, 5.74) is 1.97. The van der Waals surface area contributed by atoms with Crippen molar-refractivity contribution >= 4 is 34.3 Å². The van der Waals surface area contributed by atoms with Crippen molar-refractivity contribution in [2.45, 2.75) is 84.0 Å². The number of rotatable bonds is 2. The predicted octanol–water partition coefficient (Wildman–Crippen LogP) is 4.66. The Kier molecular flexibility index (Phi) is 4.79. The molecule has 2 aliphatic rings. The van der Waals surface area contributed by atoms with Crippen LogP contribution in [0.2, 0.25) is 0 Å². The Hall–Kier alpha value is -2.18. The molecule has 2 aromatic carbocycles. The fourth-order valence-electron chi connectivity index (χ4n) is 4.95. The van der Waals surface area contributed by atoms with Gasteiger partial charge in [-0.1, -0.05) is 43.0 Å². The first-order valence-corrected chi connectivity index (χ1v) is 11.5. The largest absolute Gasteiger partial charge is 0.495 e. The van der Waals surface area contributed by atoms with E-state index in [2.05, 4.69) is 52.8 Å². The zero-order valence-electron chi connectivity index (χ0n) is 19.2. The molecule has 5 nitrogen and oxygen atoms in total. The molecule has 0 spiro atoms. The Morgan fingerprint density at radius 2 is 1.65 bits per heavy atom. The molecule has 1 saturated carbocycles. The van der Waals surface area contributed by atoms with E-state index < -0.39 is 18.3 Å². The van der Waals surface area contributed by atoms with E-state index in [1.165, 1.54) is 19.3 Å². The van der Waals surface area contributed by atoms with Gasteiger partial charge in [-0.25, -0.2) is 4.98 Å². The monoisotopic (exact) mass is 418 g/mol. The fourth-order valence-corrected chi connectivity index (χ4v) is 4.95. The van der Waals surface area contributed by atoms with Crippen LogP contribution in [0.25, 0.3) is 21.7 Å². The first-order chi connectivity index (χ1) is 14.7. The van der Waals surface area contributed by atoms with Gasteiger partial charge in [-0.05, 0) is 64.4 Å². The summed E-state index contributed by atoms with van der Waals surface area (Å²) >= 11 is 0. The Morgan fingerprint density at radius 3 is 2.32 bits per heavy atom. The van der Waals surface area contributed by atoms with E-state index in [0.717, 1.165) is 40.2 Å². The van der Waals surface area contributed by atoms with Gasteiger partial charge in [-0.2, -0.15) is 0 Å². The average molecular weight is 418 g/mol. The van der Waals surface area contributed by atoms with E-state index in [9.17, 15) is 4.79 Å². The van der Waals surface area contributed by atoms with Crippen molar-refractivity contribution < 1.29 is 9.31 Å². The molecule has 1 aromatic heterocycles. The smallest absolute Gasteiger partial charge is 0.399 e. The summed E-state index contributed by atoms with van der Waals surface area (Å²) in [7, 11) is -0.526. The van der Waals surface area contributed by atoms with Crippen molar-refractivity contribution in [1.29, 1.82) is 0 Å². The van der Waals surface area contributed by atoms with Crippen molar-refractivity contribution in [2.24, 2.45) is 0 Å². The van der Waals surface area contributed by atoms with Gasteiger partial charge in [-0.15, -0.1) is 0 Å². The molecule has 6 heteroatoms. The van der Waals surface area contributed by atoms with Crippen molar-refractivity contribution in [1.82, 2.24) is 9.55 Å². The van der Waals surface area contributed by atoms with Crippen LogP contribution in [0.3, 0.4) is 0 Å². The SMILES string of the molecule is Cc1ccc2c(c1)c(B1OC(C)(C)C(C)(C)O1)cc1c(=O)n(C3CCCCC3)cnc12. The van der Waals surface area contributed by atoms with E-state index in [-0.39, 0.29) is 11.6 Å². The van der Waals surface area contributed by atoms with Crippen molar-refractivity contribution in [2.75, 3.05) is 0 Å². The Bertz CT molecular complexity index is 1210. The van der Waals surface area contributed by atoms with Crippen LogP contribution >= 0.6 is 0 Å². The molecule has 3 aromatic rings. The van der Waals surface area contributed by atoms with Crippen LogP contribution < -0.4 is 11.0 Å². The van der Waals surface area contributed by atoms with E-state index in [0.29, 0.717) is 5.39 Å². The molecule has 0 atom stereocenters. The Morgan fingerprint density at radius 1 is 0.968 bits per heavy atom. The highest BCUT2D eigenvalue weighted by Gasteiger charge is 2.52. The van der Waals surface area contributed by atoms with Gasteiger partial charge in [0, 0.05) is 11.4 Å². The zero-order valence-corrected chi connectivity index (χ0v) is 19.2. The maximum Gasteiger partial charge on any atom is 0.495 e. The molecular weight excluding hydrogens is 387 g/mol. The van der Waals surface area contributed by atoms with Gasteiger partial charge in [0.2, 0.25) is 0 Å². The van der Waals surface area contributed by atoms with Gasteiger partial charge in [0.25, 0.3) is 5.56 Å². The third kappa shape index (κ3) is 3.31. The quantitative estimate of drug-likeness (QED) is 0.449. The Balaban J connectivity index is 1.74. The molecule has 0 unspecified atom stereocenters. The number of benzene rings is 2. The molecule has 2 heterocycles. The molecule has 2 fully saturated rings. The fraction of sp³-hybridized carbons (Fsp3) is 0.520. The highest BCUT2D eigenvalue weighted by molar-refractivity contribution is 6.65. The van der Waals surface area contributed by atoms with E-state index >= 15 is 0 Å². The molecule has 1 aliphatic heterocycles. The highest BCUT2D eigenvalue weighted by Crippen LogP contribution is 2.37. The highest BCUT2D eigenvalue weighted by atomic mass is 16.7. The summed E-state index contributed by atoms with van der Waals surface area (Å²) in [6, 6.07) is 8.49. The molecule has 0 radical (unpaired) electrons. The number of nitrogens with zero attached hydrogens (tertiary/aromatic N) is 2. The predicted molar refractivity (Wildman–Crippen MR) is 126 cm³/mol. The first kappa shape index (κ1) is 20.7. The molecule has 5 rings (SSSR count). The summed E-state index contributed by atoms with van der Waals surface area (Å²) in [5.74, 6) is 0.